The summed E-state index contributed by atoms with van der Waals surface area (Å²) in [6.45, 7) is 7.19. The van der Waals surface area contributed by atoms with Crippen LogP contribution in [0.1, 0.15) is 49.8 Å². The molecule has 0 amide bonds. The van der Waals surface area contributed by atoms with Gasteiger partial charge in [-0.25, -0.2) is 9.18 Å². The summed E-state index contributed by atoms with van der Waals surface area (Å²) in [6.07, 6.45) is 4.68. The normalized spacial score (nSPS) is 10.8. The van der Waals surface area contributed by atoms with Gasteiger partial charge in [0.2, 0.25) is 0 Å². The summed E-state index contributed by atoms with van der Waals surface area (Å²) in [5.74, 6) is -0.919. The van der Waals surface area contributed by atoms with Gasteiger partial charge in [-0.05, 0) is 65.3 Å². The van der Waals surface area contributed by atoms with Crippen molar-refractivity contribution in [2.24, 2.45) is 0 Å². The van der Waals surface area contributed by atoms with E-state index in [-0.39, 0.29) is 13.2 Å². The molecule has 0 aliphatic heterocycles. The van der Waals surface area contributed by atoms with Gasteiger partial charge < -0.3 is 9.84 Å². The Bertz CT molecular complexity index is 1120. The van der Waals surface area contributed by atoms with Crippen LogP contribution in [0.5, 0.6) is 0 Å². The molecule has 3 nitrogen and oxygen atoms in total. The van der Waals surface area contributed by atoms with Crippen molar-refractivity contribution in [1.82, 2.24) is 0 Å². The average Bonchev–Trinajstić information content (AvgIpc) is 2.83. The lowest BCUT2D eigenvalue weighted by atomic mass is 9.93. The number of halogens is 1. The van der Waals surface area contributed by atoms with Gasteiger partial charge in [0, 0.05) is 11.1 Å². The van der Waals surface area contributed by atoms with E-state index in [9.17, 15) is 14.3 Å². The zero-order valence-electron chi connectivity index (χ0n) is 19.4. The van der Waals surface area contributed by atoms with Gasteiger partial charge in [-0.2, -0.15) is 0 Å². The van der Waals surface area contributed by atoms with Gasteiger partial charge >= 0.3 is 5.97 Å². The minimum atomic E-state index is -0.487. The van der Waals surface area contributed by atoms with Crippen LogP contribution >= 0.6 is 0 Å². The number of aliphatic hydroxyl groups excluding tert-OH is 1. The molecular formula is C29H31FO3. The van der Waals surface area contributed by atoms with E-state index in [4.69, 9.17) is 4.74 Å². The van der Waals surface area contributed by atoms with Crippen LogP contribution in [0.4, 0.5) is 4.39 Å². The zero-order valence-corrected chi connectivity index (χ0v) is 19.4. The number of aliphatic hydroxyl groups is 1. The number of unbranched alkanes of at least 4 members (excludes halogenated alkanes) is 2. The minimum Gasteiger partial charge on any atom is -0.457 e. The second-order valence-electron chi connectivity index (χ2n) is 8.35. The summed E-state index contributed by atoms with van der Waals surface area (Å²) >= 11 is 0. The number of benzene rings is 3. The van der Waals surface area contributed by atoms with E-state index in [1.807, 2.05) is 18.2 Å². The van der Waals surface area contributed by atoms with Gasteiger partial charge in [0.15, 0.2) is 0 Å². The largest absolute Gasteiger partial charge is 0.457 e. The molecule has 1 N–H and O–H groups in total. The lowest BCUT2D eigenvalue weighted by Crippen LogP contribution is -2.06. The highest BCUT2D eigenvalue weighted by Gasteiger charge is 2.14. The molecule has 0 bridgehead atoms. The van der Waals surface area contributed by atoms with Gasteiger partial charge in [-0.15, -0.1) is 0 Å². The minimum absolute atomic E-state index is 0.00512. The molecule has 3 aromatic rings. The standard InChI is InChI=1S/C29H31FO3/c1-4-5-6-7-21-8-11-23(12-9-21)24-13-15-26(25(17-24)19-33-29(32)20(2)3)27-14-10-22(18-31)16-28(27)30/h8-17,31H,2,4-7,18-19H2,1,3H3. The molecule has 0 aliphatic carbocycles. The molecule has 0 saturated heterocycles. The predicted molar refractivity (Wildman–Crippen MR) is 131 cm³/mol. The van der Waals surface area contributed by atoms with Crippen LogP contribution in [-0.4, -0.2) is 11.1 Å². The summed E-state index contributed by atoms with van der Waals surface area (Å²) in [6, 6.07) is 18.9. The van der Waals surface area contributed by atoms with Crippen molar-refractivity contribution in [3.8, 4) is 22.3 Å². The maximum Gasteiger partial charge on any atom is 0.333 e. The second kappa shape index (κ2) is 11.6. The number of hydrogen-bond donors (Lipinski definition) is 1. The van der Waals surface area contributed by atoms with E-state index < -0.39 is 11.8 Å². The number of carbonyl (C=O) groups excluding carboxylic acids is 1. The summed E-state index contributed by atoms with van der Waals surface area (Å²) in [5.41, 5.74) is 5.87. The fraction of sp³-hybridized carbons (Fsp3) is 0.276. The Morgan fingerprint density at radius 3 is 2.24 bits per heavy atom. The van der Waals surface area contributed by atoms with Crippen LogP contribution in [0.15, 0.2) is 72.8 Å². The van der Waals surface area contributed by atoms with Gasteiger partial charge in [0.25, 0.3) is 0 Å². The Hall–Kier alpha value is -3.24. The van der Waals surface area contributed by atoms with Crippen LogP contribution in [-0.2, 0) is 29.2 Å². The summed E-state index contributed by atoms with van der Waals surface area (Å²) in [4.78, 5) is 12.0. The van der Waals surface area contributed by atoms with E-state index in [1.54, 1.807) is 19.1 Å². The van der Waals surface area contributed by atoms with Crippen LogP contribution in [0, 0.1) is 5.82 Å². The van der Waals surface area contributed by atoms with Crippen molar-refractivity contribution in [1.29, 1.82) is 0 Å². The number of carbonyl (C=O) groups is 1. The molecule has 3 aromatic carbocycles. The van der Waals surface area contributed by atoms with E-state index in [2.05, 4.69) is 37.8 Å². The molecule has 0 saturated carbocycles. The monoisotopic (exact) mass is 446 g/mol. The predicted octanol–water partition coefficient (Wildman–Crippen LogP) is 7.00. The number of aryl methyl sites for hydroxylation is 1. The maximum atomic E-state index is 14.8. The van der Waals surface area contributed by atoms with Crippen LogP contribution in [0.25, 0.3) is 22.3 Å². The summed E-state index contributed by atoms with van der Waals surface area (Å²) in [7, 11) is 0. The Labute approximate surface area is 195 Å². The molecule has 3 rings (SSSR count). The highest BCUT2D eigenvalue weighted by Crippen LogP contribution is 2.32. The molecule has 0 aliphatic rings. The third kappa shape index (κ3) is 6.39. The topological polar surface area (TPSA) is 46.5 Å². The highest BCUT2D eigenvalue weighted by atomic mass is 19.1. The van der Waals surface area contributed by atoms with Crippen LogP contribution in [0.2, 0.25) is 0 Å². The fourth-order valence-electron chi connectivity index (χ4n) is 3.74. The lowest BCUT2D eigenvalue weighted by Gasteiger charge is -2.14. The number of rotatable bonds is 10. The molecule has 172 valence electrons. The number of esters is 1. The Balaban J connectivity index is 1.94. The first-order chi connectivity index (χ1) is 15.9. The van der Waals surface area contributed by atoms with Crippen molar-refractivity contribution in [3.05, 3.63) is 95.3 Å². The Morgan fingerprint density at radius 2 is 1.61 bits per heavy atom. The molecule has 0 heterocycles. The first kappa shape index (κ1) is 24.4. The Morgan fingerprint density at radius 1 is 0.939 bits per heavy atom. The van der Waals surface area contributed by atoms with Gasteiger partial charge in [0.1, 0.15) is 12.4 Å². The molecule has 0 unspecified atom stereocenters. The SMILES string of the molecule is C=C(C)C(=O)OCc1cc(-c2ccc(CCCCC)cc2)ccc1-c1ccc(CO)cc1F. The molecule has 0 fully saturated rings. The quantitative estimate of drug-likeness (QED) is 0.207. The van der Waals surface area contributed by atoms with Gasteiger partial charge in [-0.3, -0.25) is 0 Å². The molecule has 0 atom stereocenters. The summed E-state index contributed by atoms with van der Waals surface area (Å²) < 4.78 is 20.2. The van der Waals surface area contributed by atoms with Gasteiger partial charge in [-0.1, -0.05) is 74.9 Å². The molecular weight excluding hydrogens is 415 g/mol. The fourth-order valence-corrected chi connectivity index (χ4v) is 3.74. The van der Waals surface area contributed by atoms with Crippen molar-refractivity contribution < 1.29 is 19.0 Å². The first-order valence-electron chi connectivity index (χ1n) is 11.4. The second-order valence-corrected chi connectivity index (χ2v) is 8.35. The third-order valence-corrected chi connectivity index (χ3v) is 5.67. The van der Waals surface area contributed by atoms with E-state index in [1.165, 1.54) is 30.9 Å². The van der Waals surface area contributed by atoms with Crippen molar-refractivity contribution in [2.75, 3.05) is 0 Å². The third-order valence-electron chi connectivity index (χ3n) is 5.67. The van der Waals surface area contributed by atoms with Crippen LogP contribution in [0.3, 0.4) is 0 Å². The van der Waals surface area contributed by atoms with Crippen molar-refractivity contribution >= 4 is 5.97 Å². The molecule has 0 spiro atoms. The smallest absolute Gasteiger partial charge is 0.333 e. The number of hydrogen-bond acceptors (Lipinski definition) is 3. The number of ether oxygens (including phenoxy) is 1. The molecule has 0 radical (unpaired) electrons. The van der Waals surface area contributed by atoms with E-state index in [0.717, 1.165) is 17.5 Å². The van der Waals surface area contributed by atoms with Gasteiger partial charge in [0.05, 0.1) is 6.61 Å². The average molecular weight is 447 g/mol. The van der Waals surface area contributed by atoms with E-state index in [0.29, 0.717) is 27.8 Å². The first-order valence-corrected chi connectivity index (χ1v) is 11.4. The van der Waals surface area contributed by atoms with Crippen LogP contribution < -0.4 is 0 Å². The van der Waals surface area contributed by atoms with E-state index >= 15 is 0 Å². The molecule has 0 aromatic heterocycles. The lowest BCUT2D eigenvalue weighted by molar-refractivity contribution is -0.140. The zero-order chi connectivity index (χ0) is 23.8. The molecule has 4 heteroatoms. The van der Waals surface area contributed by atoms with Crippen molar-refractivity contribution in [3.63, 3.8) is 0 Å². The Kier molecular flexibility index (Phi) is 8.56. The summed E-state index contributed by atoms with van der Waals surface area (Å²) in [5, 5.41) is 9.29. The highest BCUT2D eigenvalue weighted by molar-refractivity contribution is 5.87. The van der Waals surface area contributed by atoms with Crippen molar-refractivity contribution in [2.45, 2.75) is 52.7 Å². The molecule has 33 heavy (non-hydrogen) atoms. The maximum absolute atomic E-state index is 14.8.